The molecule has 0 aromatic heterocycles. The van der Waals surface area contributed by atoms with E-state index in [9.17, 15) is 19.8 Å². The zero-order chi connectivity index (χ0) is 33.7. The van der Waals surface area contributed by atoms with Gasteiger partial charge in [-0.2, -0.15) is 0 Å². The summed E-state index contributed by atoms with van der Waals surface area (Å²) in [6.07, 6.45) is -2.92. The average Bonchev–Trinajstić information content (AvgIpc) is 3.42. The first-order valence-corrected chi connectivity index (χ1v) is 16.7. The number of hydrogen-bond donors (Lipinski definition) is 2. The predicted octanol–water partition coefficient (Wildman–Crippen LogP) is 1.69. The Balaban J connectivity index is 1.47. The number of carbonyl (C=O) groups is 2. The number of likely N-dealkylation sites (tertiary alicyclic amines) is 1. The number of methoxy groups -OCH3 is 5. The lowest BCUT2D eigenvalue weighted by atomic mass is 9.42. The Kier molecular flexibility index (Phi) is 8.02. The van der Waals surface area contributed by atoms with Crippen LogP contribution in [-0.2, 0) is 33.2 Å². The number of fused-ring (bicyclic) bond motifs is 2. The van der Waals surface area contributed by atoms with Gasteiger partial charge in [0.15, 0.2) is 0 Å². The molecule has 1 heterocycles. The van der Waals surface area contributed by atoms with Crippen molar-refractivity contribution < 1.29 is 53.0 Å². The van der Waals surface area contributed by atoms with Crippen molar-refractivity contribution >= 4 is 11.9 Å². The van der Waals surface area contributed by atoms with Crippen molar-refractivity contribution in [3.8, 4) is 5.75 Å². The van der Waals surface area contributed by atoms with Gasteiger partial charge >= 0.3 is 11.9 Å². The second kappa shape index (κ2) is 11.4. The number of hydrogen-bond acceptors (Lipinski definition) is 12. The molecule has 260 valence electrons. The molecule has 2 N–H and O–H groups in total. The van der Waals surface area contributed by atoms with E-state index in [1.165, 1.54) is 14.0 Å². The van der Waals surface area contributed by atoms with Crippen LogP contribution in [0.3, 0.4) is 0 Å². The minimum absolute atomic E-state index is 0.171. The molecule has 7 bridgehead atoms. The molecule has 47 heavy (non-hydrogen) atoms. The second-order valence-electron chi connectivity index (χ2n) is 14.8. The number of nitrogens with zero attached hydrogens (tertiary/aromatic N) is 1. The Labute approximate surface area is 275 Å². The van der Waals surface area contributed by atoms with E-state index >= 15 is 0 Å². The lowest BCUT2D eigenvalue weighted by Gasteiger charge is -2.70. The molecule has 0 radical (unpaired) electrons. The number of rotatable bonds is 10. The van der Waals surface area contributed by atoms with Crippen molar-refractivity contribution in [1.82, 2.24) is 4.90 Å². The van der Waals surface area contributed by atoms with Gasteiger partial charge in [0.2, 0.25) is 0 Å². The van der Waals surface area contributed by atoms with Crippen LogP contribution < -0.4 is 4.74 Å². The number of aliphatic hydroxyl groups excluding tert-OH is 1. The third-order valence-electron chi connectivity index (χ3n) is 13.3. The van der Waals surface area contributed by atoms with E-state index in [0.717, 1.165) is 0 Å². The quantitative estimate of drug-likeness (QED) is 0.353. The standard InChI is InChI=1S/C35H49NO11/c1-8-36-16-32(17-41-3)14-22(38)29(45-7)35-21-13-33(40)23(43-5)15-34(47-18(2)37,25(28(35)36)26(44-6)27(32)35)24(21)30(33)46-31(39)19-9-11-20(42-4)12-10-19/h9-12,21-30,38,40H,8,13-17H2,1-7H3/t21-,22+,23+,24-,25+,26+,27-,28-,29?,30-,32+,33-,34-,35+/m1/s1. The normalized spacial score (nSPS) is 47.4. The number of piperidine rings is 1. The van der Waals surface area contributed by atoms with E-state index in [1.54, 1.807) is 52.7 Å². The maximum atomic E-state index is 13.9. The summed E-state index contributed by atoms with van der Waals surface area (Å²) in [6.45, 7) is 5.28. The molecule has 5 saturated carbocycles. The molecule has 12 nitrogen and oxygen atoms in total. The monoisotopic (exact) mass is 659 g/mol. The summed E-state index contributed by atoms with van der Waals surface area (Å²) < 4.78 is 43.2. The summed E-state index contributed by atoms with van der Waals surface area (Å²) in [5.41, 5.74) is -3.81. The maximum absolute atomic E-state index is 13.9. The van der Waals surface area contributed by atoms with Crippen LogP contribution in [-0.4, -0.2) is 130 Å². The Morgan fingerprint density at radius 1 is 0.957 bits per heavy atom. The van der Waals surface area contributed by atoms with E-state index < -0.39 is 82.2 Å². The summed E-state index contributed by atoms with van der Waals surface area (Å²) in [7, 11) is 8.10. The van der Waals surface area contributed by atoms with E-state index in [4.69, 9.17) is 33.2 Å². The van der Waals surface area contributed by atoms with Crippen molar-refractivity contribution in [2.45, 2.75) is 80.9 Å². The molecule has 7 rings (SSSR count). The fraction of sp³-hybridized carbons (Fsp3) is 0.771. The van der Waals surface area contributed by atoms with Crippen LogP contribution in [0.15, 0.2) is 24.3 Å². The molecule has 1 aromatic rings. The van der Waals surface area contributed by atoms with Gasteiger partial charge < -0.3 is 43.4 Å². The van der Waals surface area contributed by atoms with Crippen LogP contribution in [0.2, 0.25) is 0 Å². The zero-order valence-corrected chi connectivity index (χ0v) is 28.3. The summed E-state index contributed by atoms with van der Waals surface area (Å²) >= 11 is 0. The van der Waals surface area contributed by atoms with E-state index in [2.05, 4.69) is 11.8 Å². The highest BCUT2D eigenvalue weighted by molar-refractivity contribution is 5.89. The Morgan fingerprint density at radius 3 is 2.26 bits per heavy atom. The Bertz CT molecular complexity index is 1390. The highest BCUT2D eigenvalue weighted by atomic mass is 16.6. The van der Waals surface area contributed by atoms with Gasteiger partial charge in [-0.15, -0.1) is 0 Å². The van der Waals surface area contributed by atoms with Crippen LogP contribution in [0.25, 0.3) is 0 Å². The second-order valence-corrected chi connectivity index (χ2v) is 14.8. The molecule has 1 unspecified atom stereocenters. The topological polar surface area (TPSA) is 142 Å². The molecule has 14 atom stereocenters. The van der Waals surface area contributed by atoms with Gasteiger partial charge in [0.1, 0.15) is 23.1 Å². The number of ether oxygens (including phenoxy) is 7. The number of esters is 2. The van der Waals surface area contributed by atoms with Crippen LogP contribution in [0.1, 0.15) is 43.5 Å². The minimum Gasteiger partial charge on any atom is -0.497 e. The zero-order valence-electron chi connectivity index (χ0n) is 28.3. The summed E-state index contributed by atoms with van der Waals surface area (Å²) in [4.78, 5) is 29.6. The molecule has 12 heteroatoms. The van der Waals surface area contributed by atoms with Crippen LogP contribution >= 0.6 is 0 Å². The minimum atomic E-state index is -1.60. The van der Waals surface area contributed by atoms with E-state index in [0.29, 0.717) is 37.4 Å². The SMILES string of the molecule is CCN1C[C@]2(COC)C[C@H](O)C(OC)[C@@]34[C@@H]5C[C@@]6(O)[C@@H](OC)C[C@@](OC(C)=O)([C@H]5[C@H]6OC(=O)c5ccc(OC)cc5)[C@@H]([C@H](OC)[C@H]23)[C@@H]14. The predicted molar refractivity (Wildman–Crippen MR) is 166 cm³/mol. The fourth-order valence-electron chi connectivity index (χ4n) is 12.5. The first kappa shape index (κ1) is 33.2. The fourth-order valence-corrected chi connectivity index (χ4v) is 12.5. The van der Waals surface area contributed by atoms with Gasteiger partial charge in [-0.05, 0) is 49.6 Å². The first-order valence-electron chi connectivity index (χ1n) is 16.7. The smallest absolute Gasteiger partial charge is 0.338 e. The number of carbonyl (C=O) groups excluding carboxylic acids is 2. The third kappa shape index (κ3) is 4.06. The molecule has 6 fully saturated rings. The molecule has 6 aliphatic rings. The molecule has 1 spiro atoms. The van der Waals surface area contributed by atoms with Crippen molar-refractivity contribution in [2.75, 3.05) is 55.2 Å². The van der Waals surface area contributed by atoms with Crippen LogP contribution in [0.5, 0.6) is 5.75 Å². The third-order valence-corrected chi connectivity index (χ3v) is 13.3. The lowest BCUT2D eigenvalue weighted by Crippen LogP contribution is -2.79. The average molecular weight is 660 g/mol. The van der Waals surface area contributed by atoms with Crippen molar-refractivity contribution in [1.29, 1.82) is 0 Å². The van der Waals surface area contributed by atoms with Gasteiger partial charge in [0, 0.05) is 83.0 Å². The molecular weight excluding hydrogens is 610 g/mol. The Morgan fingerprint density at radius 2 is 1.68 bits per heavy atom. The van der Waals surface area contributed by atoms with Crippen LogP contribution in [0.4, 0.5) is 0 Å². The van der Waals surface area contributed by atoms with Gasteiger partial charge in [0.05, 0.1) is 43.7 Å². The number of aliphatic hydroxyl groups is 2. The first-order chi connectivity index (χ1) is 22.5. The van der Waals surface area contributed by atoms with Crippen molar-refractivity contribution in [3.05, 3.63) is 29.8 Å². The van der Waals surface area contributed by atoms with Gasteiger partial charge in [-0.25, -0.2) is 4.79 Å². The van der Waals surface area contributed by atoms with Crippen molar-refractivity contribution in [3.63, 3.8) is 0 Å². The number of benzene rings is 1. The van der Waals surface area contributed by atoms with E-state index in [1.807, 2.05) is 0 Å². The maximum Gasteiger partial charge on any atom is 0.338 e. The van der Waals surface area contributed by atoms with Crippen LogP contribution in [0, 0.1) is 34.5 Å². The summed E-state index contributed by atoms with van der Waals surface area (Å²) in [6, 6.07) is 6.37. The highest BCUT2D eigenvalue weighted by Gasteiger charge is 2.90. The summed E-state index contributed by atoms with van der Waals surface area (Å²) in [5.74, 6) is -2.10. The molecule has 1 aliphatic heterocycles. The molecule has 0 amide bonds. The van der Waals surface area contributed by atoms with Gasteiger partial charge in [-0.1, -0.05) is 6.92 Å². The van der Waals surface area contributed by atoms with Gasteiger partial charge in [-0.3, -0.25) is 9.69 Å². The molecule has 5 aliphatic carbocycles. The van der Waals surface area contributed by atoms with Crippen molar-refractivity contribution in [2.24, 2.45) is 34.5 Å². The van der Waals surface area contributed by atoms with E-state index in [-0.39, 0.29) is 24.8 Å². The lowest BCUT2D eigenvalue weighted by molar-refractivity contribution is -0.301. The molecule has 1 aromatic carbocycles. The highest BCUT2D eigenvalue weighted by Crippen LogP contribution is 2.80. The largest absolute Gasteiger partial charge is 0.497 e. The van der Waals surface area contributed by atoms with Gasteiger partial charge in [0.25, 0.3) is 0 Å². The summed E-state index contributed by atoms with van der Waals surface area (Å²) in [5, 5.41) is 24.8. The molecular formula is C35H49NO11. The molecule has 1 saturated heterocycles. The Hall–Kier alpha value is -2.32.